The Bertz CT molecular complexity index is 688. The van der Waals surface area contributed by atoms with E-state index in [1.165, 1.54) is 10.4 Å². The fraction of sp³-hybridized carbons (Fsp3) is 0.438. The van der Waals surface area contributed by atoms with Gasteiger partial charge >= 0.3 is 0 Å². The molecule has 3 rings (SSSR count). The van der Waals surface area contributed by atoms with Crippen LogP contribution in [0.5, 0.6) is 5.88 Å². The number of thiophene rings is 1. The van der Waals surface area contributed by atoms with Crippen LogP contribution in [0.4, 0.5) is 5.95 Å². The molecule has 0 bridgehead atoms. The van der Waals surface area contributed by atoms with Crippen molar-refractivity contribution in [1.29, 1.82) is 0 Å². The average molecular weight is 332 g/mol. The molecule has 2 aromatic rings. The number of aromatic nitrogens is 2. The van der Waals surface area contributed by atoms with E-state index in [9.17, 15) is 4.79 Å². The van der Waals surface area contributed by atoms with Gasteiger partial charge in [0.1, 0.15) is 0 Å². The predicted octanol–water partition coefficient (Wildman–Crippen LogP) is 2.13. The lowest BCUT2D eigenvalue weighted by molar-refractivity contribution is 0.0751. The second kappa shape index (κ2) is 6.54. The molecule has 0 unspecified atom stereocenters. The molecule has 23 heavy (non-hydrogen) atoms. The predicted molar refractivity (Wildman–Crippen MR) is 90.5 cm³/mol. The Hall–Kier alpha value is -2.15. The van der Waals surface area contributed by atoms with E-state index in [0.717, 1.165) is 18.0 Å². The van der Waals surface area contributed by atoms with Crippen molar-refractivity contribution in [1.82, 2.24) is 14.9 Å². The molecule has 1 amide bonds. The van der Waals surface area contributed by atoms with Gasteiger partial charge in [-0.1, -0.05) is 0 Å². The highest BCUT2D eigenvalue weighted by Crippen LogP contribution is 2.23. The lowest BCUT2D eigenvalue weighted by atomic mass is 10.2. The van der Waals surface area contributed by atoms with E-state index >= 15 is 0 Å². The number of carbonyl (C=O) groups is 1. The Morgan fingerprint density at radius 1 is 1.26 bits per heavy atom. The first-order valence-electron chi connectivity index (χ1n) is 7.57. The highest BCUT2D eigenvalue weighted by molar-refractivity contribution is 7.14. The zero-order valence-electron chi connectivity index (χ0n) is 13.6. The molecule has 3 heterocycles. The highest BCUT2D eigenvalue weighted by Gasteiger charge is 2.24. The Balaban J connectivity index is 1.64. The van der Waals surface area contributed by atoms with E-state index in [1.807, 2.05) is 17.9 Å². The summed E-state index contributed by atoms with van der Waals surface area (Å²) in [5.74, 6) is 1.33. The third-order valence-corrected chi connectivity index (χ3v) is 5.19. The van der Waals surface area contributed by atoms with Gasteiger partial charge in [-0.3, -0.25) is 4.79 Å². The van der Waals surface area contributed by atoms with Gasteiger partial charge in [-0.15, -0.1) is 11.3 Å². The third kappa shape index (κ3) is 3.29. The molecule has 0 saturated carbocycles. The monoisotopic (exact) mass is 332 g/mol. The topological polar surface area (TPSA) is 58.6 Å². The van der Waals surface area contributed by atoms with E-state index in [4.69, 9.17) is 4.74 Å². The van der Waals surface area contributed by atoms with Crippen molar-refractivity contribution < 1.29 is 9.53 Å². The van der Waals surface area contributed by atoms with Crippen molar-refractivity contribution in [2.75, 3.05) is 38.2 Å². The summed E-state index contributed by atoms with van der Waals surface area (Å²) in [7, 11) is 1.59. The lowest BCUT2D eigenvalue weighted by Gasteiger charge is -2.34. The number of aryl methyl sites for hydroxylation is 2. The smallest absolute Gasteiger partial charge is 0.264 e. The van der Waals surface area contributed by atoms with Crippen LogP contribution < -0.4 is 9.64 Å². The van der Waals surface area contributed by atoms with Gasteiger partial charge in [0, 0.05) is 43.3 Å². The van der Waals surface area contributed by atoms with Crippen LogP contribution in [0, 0.1) is 13.8 Å². The van der Waals surface area contributed by atoms with E-state index in [1.54, 1.807) is 30.7 Å². The van der Waals surface area contributed by atoms with Gasteiger partial charge in [-0.25, -0.2) is 4.98 Å². The summed E-state index contributed by atoms with van der Waals surface area (Å²) < 4.78 is 5.14. The minimum atomic E-state index is 0.123. The molecule has 2 aromatic heterocycles. The van der Waals surface area contributed by atoms with Crippen molar-refractivity contribution in [3.05, 3.63) is 33.6 Å². The Morgan fingerprint density at radius 2 is 2.00 bits per heavy atom. The van der Waals surface area contributed by atoms with Crippen LogP contribution >= 0.6 is 11.3 Å². The first kappa shape index (κ1) is 15.7. The largest absolute Gasteiger partial charge is 0.481 e. The lowest BCUT2D eigenvalue weighted by Crippen LogP contribution is -2.49. The molecule has 0 aliphatic carbocycles. The van der Waals surface area contributed by atoms with Crippen molar-refractivity contribution in [2.24, 2.45) is 0 Å². The SMILES string of the molecule is COc1ccnc(N2CCN(C(=O)c3cc(C)c(C)s3)CC2)n1. The Kier molecular flexibility index (Phi) is 4.47. The first-order valence-corrected chi connectivity index (χ1v) is 8.38. The van der Waals surface area contributed by atoms with Crippen LogP contribution in [0.3, 0.4) is 0 Å². The summed E-state index contributed by atoms with van der Waals surface area (Å²) in [6.07, 6.45) is 1.69. The van der Waals surface area contributed by atoms with E-state index in [0.29, 0.717) is 24.9 Å². The molecule has 6 nitrogen and oxygen atoms in total. The van der Waals surface area contributed by atoms with Gasteiger partial charge in [0.05, 0.1) is 12.0 Å². The first-order chi connectivity index (χ1) is 11.1. The van der Waals surface area contributed by atoms with Crippen LogP contribution in [-0.2, 0) is 0 Å². The van der Waals surface area contributed by atoms with Crippen molar-refractivity contribution in [3.63, 3.8) is 0 Å². The molecule has 1 aliphatic rings. The van der Waals surface area contributed by atoms with Gasteiger partial charge in [0.2, 0.25) is 11.8 Å². The number of methoxy groups -OCH3 is 1. The number of hydrogen-bond acceptors (Lipinski definition) is 6. The number of hydrogen-bond donors (Lipinski definition) is 0. The maximum Gasteiger partial charge on any atom is 0.264 e. The Morgan fingerprint density at radius 3 is 2.61 bits per heavy atom. The van der Waals surface area contributed by atoms with Crippen molar-refractivity contribution in [3.8, 4) is 5.88 Å². The number of ether oxygens (including phenoxy) is 1. The molecule has 1 saturated heterocycles. The quantitative estimate of drug-likeness (QED) is 0.862. The van der Waals surface area contributed by atoms with E-state index in [2.05, 4.69) is 21.8 Å². The molecule has 0 radical (unpaired) electrons. The van der Waals surface area contributed by atoms with Crippen LogP contribution in [0.1, 0.15) is 20.1 Å². The zero-order chi connectivity index (χ0) is 16.4. The van der Waals surface area contributed by atoms with E-state index < -0.39 is 0 Å². The van der Waals surface area contributed by atoms with Crippen molar-refractivity contribution >= 4 is 23.2 Å². The maximum atomic E-state index is 12.6. The highest BCUT2D eigenvalue weighted by atomic mass is 32.1. The molecule has 0 atom stereocenters. The standard InChI is InChI=1S/C16H20N4O2S/c1-11-10-13(23-12(11)2)15(21)19-6-8-20(9-7-19)16-17-5-4-14(18-16)22-3/h4-5,10H,6-9H2,1-3H3. The van der Waals surface area contributed by atoms with Crippen LogP contribution in [0.2, 0.25) is 0 Å². The molecule has 0 spiro atoms. The molecular formula is C16H20N4O2S. The number of piperazine rings is 1. The van der Waals surface area contributed by atoms with Gasteiger partial charge in [-0.2, -0.15) is 4.98 Å². The molecule has 0 aromatic carbocycles. The van der Waals surface area contributed by atoms with Crippen LogP contribution in [0.25, 0.3) is 0 Å². The third-order valence-electron chi connectivity index (χ3n) is 4.05. The fourth-order valence-electron chi connectivity index (χ4n) is 2.54. The van der Waals surface area contributed by atoms with Gasteiger partial charge in [-0.05, 0) is 25.5 Å². The molecular weight excluding hydrogens is 312 g/mol. The number of carbonyl (C=O) groups excluding carboxylic acids is 1. The summed E-state index contributed by atoms with van der Waals surface area (Å²) in [5.41, 5.74) is 1.18. The Labute approximate surface area is 139 Å². The second-order valence-corrected chi connectivity index (χ2v) is 6.78. The van der Waals surface area contributed by atoms with E-state index in [-0.39, 0.29) is 5.91 Å². The van der Waals surface area contributed by atoms with Gasteiger partial charge in [0.25, 0.3) is 5.91 Å². The second-order valence-electron chi connectivity index (χ2n) is 5.53. The van der Waals surface area contributed by atoms with Crippen molar-refractivity contribution in [2.45, 2.75) is 13.8 Å². The summed E-state index contributed by atoms with van der Waals surface area (Å²) >= 11 is 1.57. The van der Waals surface area contributed by atoms with Crippen LogP contribution in [0.15, 0.2) is 18.3 Å². The zero-order valence-corrected chi connectivity index (χ0v) is 14.4. The number of anilines is 1. The summed E-state index contributed by atoms with van der Waals surface area (Å²) in [6.45, 7) is 6.89. The summed E-state index contributed by atoms with van der Waals surface area (Å²) in [4.78, 5) is 27.2. The maximum absolute atomic E-state index is 12.6. The molecule has 7 heteroatoms. The molecule has 122 valence electrons. The average Bonchev–Trinajstić information content (AvgIpc) is 2.93. The van der Waals surface area contributed by atoms with Crippen LogP contribution in [-0.4, -0.2) is 54.1 Å². The summed E-state index contributed by atoms with van der Waals surface area (Å²) in [6, 6.07) is 3.71. The molecule has 1 fully saturated rings. The fourth-order valence-corrected chi connectivity index (χ4v) is 3.54. The minimum Gasteiger partial charge on any atom is -0.481 e. The number of amides is 1. The molecule has 1 aliphatic heterocycles. The van der Waals surface area contributed by atoms with Gasteiger partial charge in [0.15, 0.2) is 0 Å². The summed E-state index contributed by atoms with van der Waals surface area (Å²) in [5, 5.41) is 0. The normalized spacial score (nSPS) is 14.9. The van der Waals surface area contributed by atoms with Gasteiger partial charge < -0.3 is 14.5 Å². The minimum absolute atomic E-state index is 0.123. The molecule has 0 N–H and O–H groups in total. The number of nitrogens with zero attached hydrogens (tertiary/aromatic N) is 4. The number of rotatable bonds is 3.